The maximum Gasteiger partial charge on any atom is 0.155 e. The minimum absolute atomic E-state index is 0.469. The summed E-state index contributed by atoms with van der Waals surface area (Å²) in [6.07, 6.45) is 8.26. The van der Waals surface area contributed by atoms with Crippen LogP contribution in [-0.2, 0) is 12.8 Å². The van der Waals surface area contributed by atoms with E-state index in [-0.39, 0.29) is 0 Å². The zero-order chi connectivity index (χ0) is 13.1. The highest BCUT2D eigenvalue weighted by atomic mass is 35.5. The second-order valence-corrected chi connectivity index (χ2v) is 5.90. The van der Waals surface area contributed by atoms with Gasteiger partial charge in [-0.15, -0.1) is 10.2 Å². The van der Waals surface area contributed by atoms with Crippen LogP contribution in [0.25, 0.3) is 0 Å². The Balaban J connectivity index is 1.84. The van der Waals surface area contributed by atoms with Gasteiger partial charge >= 0.3 is 0 Å². The normalized spacial score (nSPS) is 23.5. The predicted molar refractivity (Wildman–Crippen MR) is 77.8 cm³/mol. The number of nitrogens with one attached hydrogen (secondary N) is 2. The standard InChI is InChI=1S/C14H21ClN4/c15-13-11-6-2-1-3-7-12(11)14(19-18-13)17-10-5-4-8-16-9-10/h10,16H,1-9H2,(H,17,19)/t10-/m1/s1. The summed E-state index contributed by atoms with van der Waals surface area (Å²) in [5, 5.41) is 16.0. The van der Waals surface area contributed by atoms with Crippen molar-refractivity contribution in [1.29, 1.82) is 0 Å². The highest BCUT2D eigenvalue weighted by molar-refractivity contribution is 6.30. The summed E-state index contributed by atoms with van der Waals surface area (Å²) in [6.45, 7) is 2.14. The Hall–Kier alpha value is -0.870. The molecule has 4 nitrogen and oxygen atoms in total. The first-order valence-electron chi connectivity index (χ1n) is 7.36. The fraction of sp³-hybridized carbons (Fsp3) is 0.714. The first-order chi connectivity index (χ1) is 9.34. The van der Waals surface area contributed by atoms with Gasteiger partial charge in [-0.25, -0.2) is 0 Å². The molecule has 0 unspecified atom stereocenters. The number of halogens is 1. The molecular formula is C14H21ClN4. The Morgan fingerprint density at radius 2 is 1.89 bits per heavy atom. The first-order valence-corrected chi connectivity index (χ1v) is 7.73. The average Bonchev–Trinajstić information content (AvgIpc) is 2.70. The lowest BCUT2D eigenvalue weighted by molar-refractivity contribution is 0.478. The average molecular weight is 281 g/mol. The van der Waals surface area contributed by atoms with E-state index in [1.807, 2.05) is 0 Å². The Kier molecular flexibility index (Phi) is 4.18. The number of piperidine rings is 1. The Labute approximate surface area is 119 Å². The van der Waals surface area contributed by atoms with Gasteiger partial charge in [0.1, 0.15) is 0 Å². The number of hydrogen-bond donors (Lipinski definition) is 2. The van der Waals surface area contributed by atoms with E-state index in [4.69, 9.17) is 11.6 Å². The lowest BCUT2D eigenvalue weighted by Crippen LogP contribution is -2.39. The van der Waals surface area contributed by atoms with Crippen molar-refractivity contribution in [3.05, 3.63) is 16.3 Å². The third kappa shape index (κ3) is 3.00. The van der Waals surface area contributed by atoms with Gasteiger partial charge in [0.15, 0.2) is 11.0 Å². The number of anilines is 1. The molecule has 0 aromatic carbocycles. The van der Waals surface area contributed by atoms with E-state index in [1.54, 1.807) is 0 Å². The molecule has 0 saturated carbocycles. The van der Waals surface area contributed by atoms with Crippen LogP contribution in [0, 0.1) is 0 Å². The summed E-state index contributed by atoms with van der Waals surface area (Å²) in [5.41, 5.74) is 2.53. The molecule has 5 heteroatoms. The lowest BCUT2D eigenvalue weighted by Gasteiger charge is -2.25. The van der Waals surface area contributed by atoms with Crippen molar-refractivity contribution in [1.82, 2.24) is 15.5 Å². The van der Waals surface area contributed by atoms with Gasteiger partial charge in [-0.1, -0.05) is 18.0 Å². The van der Waals surface area contributed by atoms with Crippen molar-refractivity contribution in [2.24, 2.45) is 0 Å². The van der Waals surface area contributed by atoms with Gasteiger partial charge in [0.2, 0.25) is 0 Å². The van der Waals surface area contributed by atoms with Crippen LogP contribution < -0.4 is 10.6 Å². The van der Waals surface area contributed by atoms with Gasteiger partial charge < -0.3 is 10.6 Å². The van der Waals surface area contributed by atoms with Crippen molar-refractivity contribution in [3.63, 3.8) is 0 Å². The Bertz CT molecular complexity index is 443. The summed E-state index contributed by atoms with van der Waals surface area (Å²) >= 11 is 6.22. The summed E-state index contributed by atoms with van der Waals surface area (Å²) in [4.78, 5) is 0. The largest absolute Gasteiger partial charge is 0.364 e. The van der Waals surface area contributed by atoms with Gasteiger partial charge in [0.25, 0.3) is 0 Å². The molecule has 3 rings (SSSR count). The smallest absolute Gasteiger partial charge is 0.155 e. The molecule has 0 spiro atoms. The van der Waals surface area contributed by atoms with Crippen LogP contribution in [0.15, 0.2) is 0 Å². The number of rotatable bonds is 2. The SMILES string of the molecule is Clc1nnc(N[C@@H]2CCCNC2)c2c1CCCCC2. The topological polar surface area (TPSA) is 49.8 Å². The molecule has 1 fully saturated rings. The van der Waals surface area contributed by atoms with Crippen LogP contribution in [0.3, 0.4) is 0 Å². The van der Waals surface area contributed by atoms with Crippen LogP contribution in [-0.4, -0.2) is 29.3 Å². The van der Waals surface area contributed by atoms with Crippen molar-refractivity contribution < 1.29 is 0 Å². The first kappa shape index (κ1) is 13.1. The summed E-state index contributed by atoms with van der Waals surface area (Å²) < 4.78 is 0. The molecule has 0 bridgehead atoms. The summed E-state index contributed by atoms with van der Waals surface area (Å²) in [6, 6.07) is 0.469. The fourth-order valence-electron chi connectivity index (χ4n) is 3.07. The van der Waals surface area contributed by atoms with Gasteiger partial charge in [0, 0.05) is 18.2 Å². The molecular weight excluding hydrogens is 260 g/mol. The highest BCUT2D eigenvalue weighted by Gasteiger charge is 2.20. The second-order valence-electron chi connectivity index (χ2n) is 5.54. The van der Waals surface area contributed by atoms with Crippen LogP contribution >= 0.6 is 11.6 Å². The van der Waals surface area contributed by atoms with Crippen LogP contribution in [0.4, 0.5) is 5.82 Å². The summed E-state index contributed by atoms with van der Waals surface area (Å²) in [5.74, 6) is 0.968. The highest BCUT2D eigenvalue weighted by Crippen LogP contribution is 2.30. The lowest BCUT2D eigenvalue weighted by atomic mass is 10.0. The molecule has 1 aliphatic heterocycles. The molecule has 104 valence electrons. The van der Waals surface area contributed by atoms with Crippen molar-refractivity contribution in [3.8, 4) is 0 Å². The van der Waals surface area contributed by atoms with E-state index in [1.165, 1.54) is 43.2 Å². The van der Waals surface area contributed by atoms with E-state index >= 15 is 0 Å². The van der Waals surface area contributed by atoms with Gasteiger partial charge in [-0.05, 0) is 50.6 Å². The van der Waals surface area contributed by atoms with E-state index < -0.39 is 0 Å². The molecule has 2 aliphatic rings. The number of aromatic nitrogens is 2. The fourth-order valence-corrected chi connectivity index (χ4v) is 3.32. The van der Waals surface area contributed by atoms with Crippen LogP contribution in [0.2, 0.25) is 5.15 Å². The van der Waals surface area contributed by atoms with Crippen LogP contribution in [0.1, 0.15) is 43.2 Å². The number of nitrogens with zero attached hydrogens (tertiary/aromatic N) is 2. The molecule has 1 saturated heterocycles. The molecule has 2 heterocycles. The van der Waals surface area contributed by atoms with Gasteiger partial charge in [-0.3, -0.25) is 0 Å². The predicted octanol–water partition coefficient (Wildman–Crippen LogP) is 2.56. The van der Waals surface area contributed by atoms with E-state index in [9.17, 15) is 0 Å². The molecule has 19 heavy (non-hydrogen) atoms. The molecule has 1 aliphatic carbocycles. The minimum atomic E-state index is 0.469. The quantitative estimate of drug-likeness (QED) is 0.818. The minimum Gasteiger partial charge on any atom is -0.364 e. The zero-order valence-electron chi connectivity index (χ0n) is 11.2. The van der Waals surface area contributed by atoms with E-state index in [0.29, 0.717) is 11.2 Å². The van der Waals surface area contributed by atoms with Crippen LogP contribution in [0.5, 0.6) is 0 Å². The van der Waals surface area contributed by atoms with Gasteiger partial charge in [-0.2, -0.15) is 0 Å². The third-order valence-corrected chi connectivity index (χ3v) is 4.43. The van der Waals surface area contributed by atoms with E-state index in [2.05, 4.69) is 20.8 Å². The molecule has 2 N–H and O–H groups in total. The van der Waals surface area contributed by atoms with Crippen molar-refractivity contribution >= 4 is 17.4 Å². The summed E-state index contributed by atoms with van der Waals surface area (Å²) in [7, 11) is 0. The maximum absolute atomic E-state index is 6.22. The molecule has 1 atom stereocenters. The molecule has 0 radical (unpaired) electrons. The monoisotopic (exact) mass is 280 g/mol. The zero-order valence-corrected chi connectivity index (χ0v) is 12.0. The maximum atomic E-state index is 6.22. The molecule has 0 amide bonds. The molecule has 1 aromatic rings. The number of fused-ring (bicyclic) bond motifs is 1. The van der Waals surface area contributed by atoms with Gasteiger partial charge in [0.05, 0.1) is 0 Å². The van der Waals surface area contributed by atoms with Crippen molar-refractivity contribution in [2.75, 3.05) is 18.4 Å². The van der Waals surface area contributed by atoms with E-state index in [0.717, 1.165) is 31.7 Å². The second kappa shape index (κ2) is 6.06. The third-order valence-electron chi connectivity index (χ3n) is 4.13. The Morgan fingerprint density at radius 3 is 2.68 bits per heavy atom. The van der Waals surface area contributed by atoms with Crippen molar-refractivity contribution in [2.45, 2.75) is 51.0 Å². The molecule has 1 aromatic heterocycles. The number of hydrogen-bond acceptors (Lipinski definition) is 4. The Morgan fingerprint density at radius 1 is 1.05 bits per heavy atom.